The van der Waals surface area contributed by atoms with Gasteiger partial charge in [0, 0.05) is 38.8 Å². The van der Waals surface area contributed by atoms with Crippen LogP contribution in [0.1, 0.15) is 18.4 Å². The van der Waals surface area contributed by atoms with Crippen LogP contribution in [0.25, 0.3) is 0 Å². The number of nitrogens with zero attached hydrogens (tertiary/aromatic N) is 2. The third-order valence-electron chi connectivity index (χ3n) is 4.25. The van der Waals surface area contributed by atoms with E-state index in [2.05, 4.69) is 10.2 Å². The zero-order valence-electron chi connectivity index (χ0n) is 12.5. The summed E-state index contributed by atoms with van der Waals surface area (Å²) in [5.74, 6) is 0. The Bertz CT molecular complexity index is 591. The predicted molar refractivity (Wildman–Crippen MR) is 82.6 cm³/mol. The Morgan fingerprint density at radius 2 is 1.90 bits per heavy atom. The first-order valence-corrected chi connectivity index (χ1v) is 9.03. The highest BCUT2D eigenvalue weighted by Gasteiger charge is 2.34. The van der Waals surface area contributed by atoms with Crippen molar-refractivity contribution in [2.24, 2.45) is 0 Å². The highest BCUT2D eigenvalue weighted by Crippen LogP contribution is 2.28. The topological polar surface area (TPSA) is 52.7 Å². The quantitative estimate of drug-likeness (QED) is 0.877. The lowest BCUT2D eigenvalue weighted by Gasteiger charge is -2.34. The maximum Gasteiger partial charge on any atom is 0.243 e. The van der Waals surface area contributed by atoms with Gasteiger partial charge in [0.25, 0.3) is 0 Å². The normalized spacial score (nSPS) is 21.6. The van der Waals surface area contributed by atoms with Crippen molar-refractivity contribution >= 4 is 10.0 Å². The summed E-state index contributed by atoms with van der Waals surface area (Å²) in [5.41, 5.74) is 0.996. The van der Waals surface area contributed by atoms with Crippen molar-refractivity contribution in [3.63, 3.8) is 0 Å². The molecular weight excluding hydrogens is 286 g/mol. The summed E-state index contributed by atoms with van der Waals surface area (Å²) in [6.07, 6.45) is 2.55. The molecule has 0 atom stereocenters. The fourth-order valence-corrected chi connectivity index (χ4v) is 4.41. The second-order valence-electron chi connectivity index (χ2n) is 5.85. The Morgan fingerprint density at radius 3 is 2.52 bits per heavy atom. The van der Waals surface area contributed by atoms with E-state index in [1.165, 1.54) is 12.8 Å². The van der Waals surface area contributed by atoms with Crippen molar-refractivity contribution in [2.45, 2.75) is 30.3 Å². The molecule has 0 radical (unpaired) electrons. The average Bonchev–Trinajstić information content (AvgIpc) is 3.33. The second-order valence-corrected chi connectivity index (χ2v) is 7.79. The van der Waals surface area contributed by atoms with E-state index < -0.39 is 10.0 Å². The Balaban J connectivity index is 1.72. The van der Waals surface area contributed by atoms with Gasteiger partial charge in [-0.25, -0.2) is 8.42 Å². The summed E-state index contributed by atoms with van der Waals surface area (Å²) in [6, 6.07) is 7.95. The van der Waals surface area contributed by atoms with Gasteiger partial charge in [-0.15, -0.1) is 0 Å². The maximum atomic E-state index is 12.7. The molecule has 1 saturated heterocycles. The van der Waals surface area contributed by atoms with Crippen LogP contribution in [0.4, 0.5) is 0 Å². The monoisotopic (exact) mass is 309 g/mol. The van der Waals surface area contributed by atoms with E-state index in [4.69, 9.17) is 0 Å². The molecule has 1 aliphatic heterocycles. The van der Waals surface area contributed by atoms with Gasteiger partial charge in [-0.1, -0.05) is 12.1 Å². The number of rotatable bonds is 5. The first kappa shape index (κ1) is 15.0. The van der Waals surface area contributed by atoms with Crippen LogP contribution in [0.2, 0.25) is 0 Å². The molecule has 2 aliphatic rings. The van der Waals surface area contributed by atoms with Crippen LogP contribution < -0.4 is 5.32 Å². The summed E-state index contributed by atoms with van der Waals surface area (Å²) in [5, 5.41) is 3.05. The van der Waals surface area contributed by atoms with Gasteiger partial charge >= 0.3 is 0 Å². The largest absolute Gasteiger partial charge is 0.316 e. The van der Waals surface area contributed by atoms with Crippen molar-refractivity contribution in [1.82, 2.24) is 14.5 Å². The lowest BCUT2D eigenvalue weighted by molar-refractivity contribution is 0.180. The van der Waals surface area contributed by atoms with Crippen molar-refractivity contribution in [3.05, 3.63) is 29.8 Å². The number of piperazine rings is 1. The summed E-state index contributed by atoms with van der Waals surface area (Å²) < 4.78 is 27.1. The standard InChI is InChI=1S/C15H23N3O2S/c1-16-12-13-3-2-4-15(11-13)21(19,20)18-9-7-17(8-10-18)14-5-6-14/h2-4,11,14,16H,5-10,12H2,1H3. The van der Waals surface area contributed by atoms with Crippen LogP contribution in [-0.4, -0.2) is 56.9 Å². The van der Waals surface area contributed by atoms with E-state index in [-0.39, 0.29) is 0 Å². The third-order valence-corrected chi connectivity index (χ3v) is 6.15. The summed E-state index contributed by atoms with van der Waals surface area (Å²) in [6.45, 7) is 3.61. The van der Waals surface area contributed by atoms with Crippen LogP contribution >= 0.6 is 0 Å². The fraction of sp³-hybridized carbons (Fsp3) is 0.600. The van der Waals surface area contributed by atoms with Crippen LogP contribution in [0, 0.1) is 0 Å². The lowest BCUT2D eigenvalue weighted by atomic mass is 10.2. The minimum Gasteiger partial charge on any atom is -0.316 e. The van der Waals surface area contributed by atoms with Crippen molar-refractivity contribution < 1.29 is 8.42 Å². The van der Waals surface area contributed by atoms with Crippen molar-refractivity contribution in [3.8, 4) is 0 Å². The SMILES string of the molecule is CNCc1cccc(S(=O)(=O)N2CCN(C3CC3)CC2)c1. The number of hydrogen-bond donors (Lipinski definition) is 1. The molecule has 1 aliphatic carbocycles. The first-order chi connectivity index (χ1) is 10.1. The zero-order valence-corrected chi connectivity index (χ0v) is 13.3. The molecule has 1 aromatic carbocycles. The highest BCUT2D eigenvalue weighted by atomic mass is 32.2. The molecule has 0 spiro atoms. The summed E-state index contributed by atoms with van der Waals surface area (Å²) in [7, 11) is -1.49. The number of sulfonamides is 1. The fourth-order valence-electron chi connectivity index (χ4n) is 2.92. The maximum absolute atomic E-state index is 12.7. The Hall–Kier alpha value is -0.950. The molecule has 1 heterocycles. The van der Waals surface area contributed by atoms with Crippen molar-refractivity contribution in [1.29, 1.82) is 0 Å². The number of hydrogen-bond acceptors (Lipinski definition) is 4. The molecule has 0 amide bonds. The minimum atomic E-state index is -3.35. The molecule has 2 fully saturated rings. The van der Waals surface area contributed by atoms with E-state index >= 15 is 0 Å². The molecule has 5 nitrogen and oxygen atoms in total. The zero-order chi connectivity index (χ0) is 14.9. The Labute approximate surface area is 127 Å². The molecule has 0 aromatic heterocycles. The Kier molecular flexibility index (Phi) is 4.31. The van der Waals surface area contributed by atoms with Gasteiger partial charge in [-0.3, -0.25) is 4.90 Å². The van der Waals surface area contributed by atoms with E-state index in [0.717, 1.165) is 18.7 Å². The smallest absolute Gasteiger partial charge is 0.243 e. The molecule has 21 heavy (non-hydrogen) atoms. The van der Waals surface area contributed by atoms with Crippen LogP contribution in [0.5, 0.6) is 0 Å². The van der Waals surface area contributed by atoms with E-state index in [1.807, 2.05) is 19.2 Å². The highest BCUT2D eigenvalue weighted by molar-refractivity contribution is 7.89. The molecule has 0 bridgehead atoms. The molecule has 1 aromatic rings. The summed E-state index contributed by atoms with van der Waals surface area (Å²) >= 11 is 0. The molecule has 0 unspecified atom stereocenters. The number of benzene rings is 1. The summed E-state index contributed by atoms with van der Waals surface area (Å²) in [4.78, 5) is 2.83. The van der Waals surface area contributed by atoms with Crippen LogP contribution in [-0.2, 0) is 16.6 Å². The first-order valence-electron chi connectivity index (χ1n) is 7.59. The van der Waals surface area contributed by atoms with Gasteiger partial charge in [0.1, 0.15) is 0 Å². The molecule has 6 heteroatoms. The average molecular weight is 309 g/mol. The second kappa shape index (κ2) is 6.04. The molecule has 116 valence electrons. The van der Waals surface area contributed by atoms with E-state index in [9.17, 15) is 8.42 Å². The van der Waals surface area contributed by atoms with Crippen molar-refractivity contribution in [2.75, 3.05) is 33.2 Å². The van der Waals surface area contributed by atoms with Gasteiger partial charge in [-0.2, -0.15) is 4.31 Å². The van der Waals surface area contributed by atoms with Gasteiger partial charge in [-0.05, 0) is 37.6 Å². The molecule has 3 rings (SSSR count). The molecule has 1 N–H and O–H groups in total. The van der Waals surface area contributed by atoms with Gasteiger partial charge in [0.2, 0.25) is 10.0 Å². The lowest BCUT2D eigenvalue weighted by Crippen LogP contribution is -2.49. The van der Waals surface area contributed by atoms with Gasteiger partial charge in [0.05, 0.1) is 4.90 Å². The third kappa shape index (κ3) is 3.29. The molecule has 1 saturated carbocycles. The van der Waals surface area contributed by atoms with E-state index in [0.29, 0.717) is 30.6 Å². The number of nitrogens with one attached hydrogen (secondary N) is 1. The predicted octanol–water partition coefficient (Wildman–Crippen LogP) is 0.875. The van der Waals surface area contributed by atoms with Crippen LogP contribution in [0.3, 0.4) is 0 Å². The van der Waals surface area contributed by atoms with Gasteiger partial charge < -0.3 is 5.32 Å². The molecular formula is C15H23N3O2S. The van der Waals surface area contributed by atoms with Crippen LogP contribution in [0.15, 0.2) is 29.2 Å². The minimum absolute atomic E-state index is 0.412. The Morgan fingerprint density at radius 1 is 1.19 bits per heavy atom. The van der Waals surface area contributed by atoms with Gasteiger partial charge in [0.15, 0.2) is 0 Å². The van der Waals surface area contributed by atoms with E-state index in [1.54, 1.807) is 16.4 Å².